The zero-order chi connectivity index (χ0) is 13.9. The Labute approximate surface area is 120 Å². The van der Waals surface area contributed by atoms with E-state index >= 15 is 0 Å². The van der Waals surface area contributed by atoms with Crippen LogP contribution in [0.25, 0.3) is 0 Å². The van der Waals surface area contributed by atoms with E-state index in [2.05, 4.69) is 37.9 Å². The first-order chi connectivity index (χ1) is 9.00. The van der Waals surface area contributed by atoms with E-state index in [9.17, 15) is 0 Å². The summed E-state index contributed by atoms with van der Waals surface area (Å²) in [6.07, 6.45) is 7.17. The summed E-state index contributed by atoms with van der Waals surface area (Å²) >= 11 is 0. The Bertz CT molecular complexity index is 255. The highest BCUT2D eigenvalue weighted by atomic mass is 15.2. The fourth-order valence-electron chi connectivity index (χ4n) is 4.03. The summed E-state index contributed by atoms with van der Waals surface area (Å²) in [5.74, 6) is 1.91. The van der Waals surface area contributed by atoms with E-state index in [0.717, 1.165) is 17.9 Å². The van der Waals surface area contributed by atoms with Gasteiger partial charge in [-0.2, -0.15) is 0 Å². The predicted octanol–water partition coefficient (Wildman–Crippen LogP) is 3.52. The third-order valence-corrected chi connectivity index (χ3v) is 5.52. The van der Waals surface area contributed by atoms with Gasteiger partial charge in [-0.15, -0.1) is 0 Å². The quantitative estimate of drug-likeness (QED) is 0.837. The highest BCUT2D eigenvalue weighted by Crippen LogP contribution is 2.40. The van der Waals surface area contributed by atoms with Crippen LogP contribution in [-0.2, 0) is 0 Å². The topological polar surface area (TPSA) is 15.3 Å². The SMILES string of the molecule is CCN(CC1CCC(C(C)(C)C)CC1)C1CCNC1. The lowest BCUT2D eigenvalue weighted by Gasteiger charge is -2.39. The van der Waals surface area contributed by atoms with Crippen molar-refractivity contribution in [1.82, 2.24) is 10.2 Å². The molecule has 1 N–H and O–H groups in total. The van der Waals surface area contributed by atoms with Crippen LogP contribution in [0.1, 0.15) is 59.8 Å². The van der Waals surface area contributed by atoms with Crippen molar-refractivity contribution in [2.75, 3.05) is 26.2 Å². The smallest absolute Gasteiger partial charge is 0.0232 e. The van der Waals surface area contributed by atoms with Crippen molar-refractivity contribution in [2.24, 2.45) is 17.3 Å². The molecule has 0 bridgehead atoms. The van der Waals surface area contributed by atoms with E-state index in [1.807, 2.05) is 0 Å². The molecular weight excluding hydrogens is 232 g/mol. The molecule has 0 radical (unpaired) electrons. The van der Waals surface area contributed by atoms with Crippen LogP contribution in [0.4, 0.5) is 0 Å². The van der Waals surface area contributed by atoms with E-state index < -0.39 is 0 Å². The van der Waals surface area contributed by atoms with Gasteiger partial charge in [-0.05, 0) is 62.4 Å². The van der Waals surface area contributed by atoms with Crippen molar-refractivity contribution >= 4 is 0 Å². The minimum Gasteiger partial charge on any atom is -0.315 e. The molecule has 2 rings (SSSR count). The molecule has 1 aliphatic carbocycles. The van der Waals surface area contributed by atoms with E-state index in [1.165, 1.54) is 58.3 Å². The minimum absolute atomic E-state index is 0.519. The van der Waals surface area contributed by atoms with E-state index in [0.29, 0.717) is 5.41 Å². The number of rotatable bonds is 4. The van der Waals surface area contributed by atoms with Crippen LogP contribution < -0.4 is 5.32 Å². The van der Waals surface area contributed by atoms with Gasteiger partial charge in [0.15, 0.2) is 0 Å². The summed E-state index contributed by atoms with van der Waals surface area (Å²) in [4.78, 5) is 2.74. The molecular formula is C17H34N2. The molecule has 1 atom stereocenters. The lowest BCUT2D eigenvalue weighted by Crippen LogP contribution is -2.41. The average Bonchev–Trinajstić information content (AvgIpc) is 2.89. The standard InChI is InChI=1S/C17H34N2/c1-5-19(16-10-11-18-12-16)13-14-6-8-15(9-7-14)17(2,3)4/h14-16,18H,5-13H2,1-4H3. The third-order valence-electron chi connectivity index (χ3n) is 5.52. The van der Waals surface area contributed by atoms with Gasteiger partial charge in [0.1, 0.15) is 0 Å². The molecule has 19 heavy (non-hydrogen) atoms. The maximum absolute atomic E-state index is 3.51. The molecule has 1 saturated heterocycles. The number of hydrogen-bond acceptors (Lipinski definition) is 2. The Morgan fingerprint density at radius 2 is 1.74 bits per heavy atom. The molecule has 0 aromatic carbocycles. The highest BCUT2D eigenvalue weighted by molar-refractivity contribution is 4.85. The van der Waals surface area contributed by atoms with Crippen molar-refractivity contribution in [3.63, 3.8) is 0 Å². The molecule has 0 amide bonds. The Kier molecular flexibility index (Phi) is 5.30. The normalized spacial score (nSPS) is 33.0. The summed E-state index contributed by atoms with van der Waals surface area (Å²) in [5, 5.41) is 3.51. The van der Waals surface area contributed by atoms with Gasteiger partial charge >= 0.3 is 0 Å². The Morgan fingerprint density at radius 1 is 1.05 bits per heavy atom. The summed E-state index contributed by atoms with van der Waals surface area (Å²) in [5.41, 5.74) is 0.519. The molecule has 0 spiro atoms. The van der Waals surface area contributed by atoms with E-state index in [-0.39, 0.29) is 0 Å². The molecule has 2 nitrogen and oxygen atoms in total. The van der Waals surface area contributed by atoms with Crippen LogP contribution in [0.15, 0.2) is 0 Å². The lowest BCUT2D eigenvalue weighted by molar-refractivity contribution is 0.112. The van der Waals surface area contributed by atoms with Gasteiger partial charge in [-0.3, -0.25) is 4.90 Å². The van der Waals surface area contributed by atoms with Gasteiger partial charge in [0, 0.05) is 19.1 Å². The highest BCUT2D eigenvalue weighted by Gasteiger charge is 2.31. The largest absolute Gasteiger partial charge is 0.315 e. The first-order valence-electron chi connectivity index (χ1n) is 8.45. The summed E-state index contributed by atoms with van der Waals surface area (Å²) in [7, 11) is 0. The number of likely N-dealkylation sites (N-methyl/N-ethyl adjacent to an activating group) is 1. The second kappa shape index (κ2) is 6.58. The summed E-state index contributed by atoms with van der Waals surface area (Å²) in [6.45, 7) is 14.6. The first kappa shape index (κ1) is 15.3. The maximum atomic E-state index is 3.51. The monoisotopic (exact) mass is 266 g/mol. The molecule has 2 heteroatoms. The van der Waals surface area contributed by atoms with Crippen molar-refractivity contribution in [3.8, 4) is 0 Å². The molecule has 2 aliphatic rings. The molecule has 2 fully saturated rings. The zero-order valence-electron chi connectivity index (χ0n) is 13.5. The average molecular weight is 266 g/mol. The summed E-state index contributed by atoms with van der Waals surface area (Å²) in [6, 6.07) is 0.810. The lowest BCUT2D eigenvalue weighted by atomic mass is 9.70. The Balaban J connectivity index is 1.77. The number of nitrogens with one attached hydrogen (secondary N) is 1. The molecule has 0 aromatic rings. The van der Waals surface area contributed by atoms with Crippen LogP contribution in [0.3, 0.4) is 0 Å². The molecule has 112 valence electrons. The van der Waals surface area contributed by atoms with Crippen molar-refractivity contribution in [2.45, 2.75) is 65.8 Å². The van der Waals surface area contributed by atoms with Gasteiger partial charge < -0.3 is 5.32 Å². The fraction of sp³-hybridized carbons (Fsp3) is 1.00. The first-order valence-corrected chi connectivity index (χ1v) is 8.45. The second-order valence-corrected chi connectivity index (χ2v) is 7.82. The van der Waals surface area contributed by atoms with Gasteiger partial charge in [-0.1, -0.05) is 27.7 Å². The van der Waals surface area contributed by atoms with Gasteiger partial charge in [0.05, 0.1) is 0 Å². The second-order valence-electron chi connectivity index (χ2n) is 7.82. The van der Waals surface area contributed by atoms with Crippen molar-refractivity contribution in [1.29, 1.82) is 0 Å². The zero-order valence-corrected chi connectivity index (χ0v) is 13.5. The molecule has 1 aliphatic heterocycles. The van der Waals surface area contributed by atoms with Crippen molar-refractivity contribution < 1.29 is 0 Å². The summed E-state index contributed by atoms with van der Waals surface area (Å²) < 4.78 is 0. The van der Waals surface area contributed by atoms with E-state index in [4.69, 9.17) is 0 Å². The molecule has 1 heterocycles. The van der Waals surface area contributed by atoms with Crippen LogP contribution in [-0.4, -0.2) is 37.1 Å². The Hall–Kier alpha value is -0.0800. The predicted molar refractivity (Wildman–Crippen MR) is 83.4 cm³/mol. The number of hydrogen-bond donors (Lipinski definition) is 1. The van der Waals surface area contributed by atoms with Crippen molar-refractivity contribution in [3.05, 3.63) is 0 Å². The third kappa shape index (κ3) is 4.19. The van der Waals surface area contributed by atoms with Crippen LogP contribution in [0.2, 0.25) is 0 Å². The molecule has 0 aromatic heterocycles. The molecule has 1 saturated carbocycles. The van der Waals surface area contributed by atoms with Gasteiger partial charge in [0.25, 0.3) is 0 Å². The number of nitrogens with zero attached hydrogens (tertiary/aromatic N) is 1. The van der Waals surface area contributed by atoms with Gasteiger partial charge in [0.2, 0.25) is 0 Å². The minimum atomic E-state index is 0.519. The Morgan fingerprint density at radius 3 is 2.21 bits per heavy atom. The molecule has 1 unspecified atom stereocenters. The van der Waals surface area contributed by atoms with E-state index in [1.54, 1.807) is 0 Å². The maximum Gasteiger partial charge on any atom is 0.0232 e. The van der Waals surface area contributed by atoms with Crippen LogP contribution in [0, 0.1) is 17.3 Å². The van der Waals surface area contributed by atoms with Crippen LogP contribution in [0.5, 0.6) is 0 Å². The van der Waals surface area contributed by atoms with Gasteiger partial charge in [-0.25, -0.2) is 0 Å². The van der Waals surface area contributed by atoms with Crippen LogP contribution >= 0.6 is 0 Å². The fourth-order valence-corrected chi connectivity index (χ4v) is 4.03.